The van der Waals surface area contributed by atoms with Crippen LogP contribution in [0.3, 0.4) is 0 Å². The molecule has 0 bridgehead atoms. The summed E-state index contributed by atoms with van der Waals surface area (Å²) in [7, 11) is 1.36. The molecule has 21 heavy (non-hydrogen) atoms. The number of rotatable bonds is 4. The third-order valence-corrected chi connectivity index (χ3v) is 3.66. The van der Waals surface area contributed by atoms with Gasteiger partial charge in [0, 0.05) is 22.6 Å². The maximum atomic E-state index is 12.3. The molecule has 2 rings (SSSR count). The van der Waals surface area contributed by atoms with Gasteiger partial charge in [0.2, 0.25) is 0 Å². The van der Waals surface area contributed by atoms with E-state index in [0.29, 0.717) is 11.4 Å². The molecule has 1 atom stereocenters. The van der Waals surface area contributed by atoms with Crippen molar-refractivity contribution in [2.24, 2.45) is 0 Å². The third kappa shape index (κ3) is 3.21. The zero-order chi connectivity index (χ0) is 15.5. The number of hydrogen-bond acceptors (Lipinski definition) is 5. The molecule has 0 saturated heterocycles. The fourth-order valence-electron chi connectivity index (χ4n) is 2.16. The number of benzene rings is 1. The molecule has 0 spiro atoms. The first-order chi connectivity index (χ1) is 9.97. The quantitative estimate of drug-likeness (QED) is 0.859. The molecule has 0 aliphatic rings. The fraction of sp³-hybridized carbons (Fsp3) is 0.267. The molecule has 0 aliphatic heterocycles. The largest absolute Gasteiger partial charge is 0.467 e. The number of carbonyl (C=O) groups excluding carboxylic acids is 1. The van der Waals surface area contributed by atoms with Crippen molar-refractivity contribution in [1.29, 1.82) is 0 Å². The van der Waals surface area contributed by atoms with Gasteiger partial charge in [-0.3, -0.25) is 9.97 Å². The minimum atomic E-state index is -1.12. The number of aromatic nitrogens is 2. The number of nitrogens with zero attached hydrogens (tertiary/aromatic N) is 2. The van der Waals surface area contributed by atoms with Gasteiger partial charge in [-0.2, -0.15) is 0 Å². The summed E-state index contributed by atoms with van der Waals surface area (Å²) in [4.78, 5) is 20.8. The zero-order valence-corrected chi connectivity index (χ0v) is 13.6. The molecule has 110 valence electrons. The summed E-state index contributed by atoms with van der Waals surface area (Å²) in [6.45, 7) is 3.54. The highest BCUT2D eigenvalue weighted by Gasteiger charge is 2.39. The van der Waals surface area contributed by atoms with Gasteiger partial charge in [-0.15, -0.1) is 0 Å². The lowest BCUT2D eigenvalue weighted by atomic mass is 9.95. The van der Waals surface area contributed by atoms with Gasteiger partial charge < -0.3 is 10.1 Å². The van der Waals surface area contributed by atoms with Crippen LogP contribution >= 0.6 is 15.9 Å². The van der Waals surface area contributed by atoms with Crippen molar-refractivity contribution in [3.05, 3.63) is 52.5 Å². The van der Waals surface area contributed by atoms with Crippen LogP contribution in [0.1, 0.15) is 18.3 Å². The molecule has 0 radical (unpaired) electrons. The van der Waals surface area contributed by atoms with Crippen molar-refractivity contribution in [3.8, 4) is 0 Å². The number of esters is 1. The molecule has 1 aromatic heterocycles. The summed E-state index contributed by atoms with van der Waals surface area (Å²) in [6.07, 6.45) is 3.15. The van der Waals surface area contributed by atoms with Crippen molar-refractivity contribution in [3.63, 3.8) is 0 Å². The first-order valence-corrected chi connectivity index (χ1v) is 7.17. The van der Waals surface area contributed by atoms with Crippen LogP contribution in [0.5, 0.6) is 0 Å². The maximum Gasteiger partial charge on any atom is 0.337 e. The zero-order valence-electron chi connectivity index (χ0n) is 12.1. The summed E-state index contributed by atoms with van der Waals surface area (Å²) in [5.41, 5.74) is 0.875. The van der Waals surface area contributed by atoms with Crippen LogP contribution in [0.25, 0.3) is 0 Å². The molecule has 5 nitrogen and oxygen atoms in total. The highest BCUT2D eigenvalue weighted by molar-refractivity contribution is 9.10. The Labute approximate surface area is 131 Å². The van der Waals surface area contributed by atoms with E-state index in [2.05, 4.69) is 31.2 Å². The van der Waals surface area contributed by atoms with Crippen molar-refractivity contribution in [2.75, 3.05) is 12.4 Å². The Kier molecular flexibility index (Phi) is 4.57. The summed E-state index contributed by atoms with van der Waals surface area (Å²) in [5, 5.41) is 3.20. The van der Waals surface area contributed by atoms with Gasteiger partial charge in [0.15, 0.2) is 5.54 Å². The van der Waals surface area contributed by atoms with Gasteiger partial charge >= 0.3 is 5.97 Å². The molecule has 0 amide bonds. The molecule has 1 N–H and O–H groups in total. The van der Waals surface area contributed by atoms with E-state index in [1.165, 1.54) is 7.11 Å². The Bertz CT molecular complexity index is 663. The molecular weight excluding hydrogens is 334 g/mol. The van der Waals surface area contributed by atoms with E-state index in [1.54, 1.807) is 19.3 Å². The van der Waals surface area contributed by atoms with Crippen LogP contribution in [0.2, 0.25) is 0 Å². The second-order valence-electron chi connectivity index (χ2n) is 4.74. The minimum absolute atomic E-state index is 0.425. The number of aryl methyl sites for hydroxylation is 1. The second-order valence-corrected chi connectivity index (χ2v) is 5.66. The van der Waals surface area contributed by atoms with E-state index in [-0.39, 0.29) is 0 Å². The SMILES string of the molecule is COC(=O)C(C)(Nc1cccc(Br)c1)c1nccnc1C. The molecule has 0 aliphatic carbocycles. The fourth-order valence-corrected chi connectivity index (χ4v) is 2.56. The molecule has 0 saturated carbocycles. The molecule has 6 heteroatoms. The first-order valence-electron chi connectivity index (χ1n) is 6.37. The lowest BCUT2D eigenvalue weighted by Gasteiger charge is -2.29. The number of halogens is 1. The Balaban J connectivity index is 2.48. The maximum absolute atomic E-state index is 12.3. The first kappa shape index (κ1) is 15.4. The van der Waals surface area contributed by atoms with Gasteiger partial charge in [0.1, 0.15) is 0 Å². The van der Waals surface area contributed by atoms with Crippen molar-refractivity contribution in [2.45, 2.75) is 19.4 Å². The van der Waals surface area contributed by atoms with Crippen molar-refractivity contribution in [1.82, 2.24) is 9.97 Å². The smallest absolute Gasteiger partial charge is 0.337 e. The number of ether oxygens (including phenoxy) is 1. The average Bonchev–Trinajstić information content (AvgIpc) is 2.46. The van der Waals surface area contributed by atoms with E-state index < -0.39 is 11.5 Å². The lowest BCUT2D eigenvalue weighted by molar-refractivity contribution is -0.145. The van der Waals surface area contributed by atoms with E-state index in [1.807, 2.05) is 31.2 Å². The third-order valence-electron chi connectivity index (χ3n) is 3.17. The number of carbonyl (C=O) groups is 1. The second kappa shape index (κ2) is 6.22. The Morgan fingerprint density at radius 3 is 2.67 bits per heavy atom. The number of anilines is 1. The normalized spacial score (nSPS) is 13.3. The predicted octanol–water partition coefficient (Wildman–Crippen LogP) is 3.05. The van der Waals surface area contributed by atoms with E-state index in [0.717, 1.165) is 10.2 Å². The molecule has 1 aromatic carbocycles. The average molecular weight is 350 g/mol. The van der Waals surface area contributed by atoms with Crippen molar-refractivity contribution < 1.29 is 9.53 Å². The molecule has 0 fully saturated rings. The van der Waals surface area contributed by atoms with E-state index >= 15 is 0 Å². The number of methoxy groups -OCH3 is 1. The van der Waals surface area contributed by atoms with Gasteiger partial charge in [0.05, 0.1) is 18.5 Å². The van der Waals surface area contributed by atoms with Gasteiger partial charge in [-0.25, -0.2) is 4.79 Å². The summed E-state index contributed by atoms with van der Waals surface area (Å²) in [5.74, 6) is -0.425. The van der Waals surface area contributed by atoms with Crippen LogP contribution < -0.4 is 5.32 Å². The Hall–Kier alpha value is -1.95. The summed E-state index contributed by atoms with van der Waals surface area (Å²) >= 11 is 3.41. The minimum Gasteiger partial charge on any atom is -0.467 e. The van der Waals surface area contributed by atoms with Crippen LogP contribution in [-0.4, -0.2) is 23.0 Å². The van der Waals surface area contributed by atoms with Crippen LogP contribution in [0.15, 0.2) is 41.1 Å². The van der Waals surface area contributed by atoms with Crippen LogP contribution in [0, 0.1) is 6.92 Å². The summed E-state index contributed by atoms with van der Waals surface area (Å²) < 4.78 is 5.86. The molecular formula is C15H16BrN3O2. The summed E-state index contributed by atoms with van der Waals surface area (Å²) in [6, 6.07) is 7.55. The topological polar surface area (TPSA) is 64.1 Å². The Morgan fingerprint density at radius 1 is 1.33 bits per heavy atom. The highest BCUT2D eigenvalue weighted by Crippen LogP contribution is 2.28. The Morgan fingerprint density at radius 2 is 2.05 bits per heavy atom. The van der Waals surface area contributed by atoms with Crippen LogP contribution in [0.4, 0.5) is 5.69 Å². The number of hydrogen-bond donors (Lipinski definition) is 1. The predicted molar refractivity (Wildman–Crippen MR) is 83.9 cm³/mol. The standard InChI is InChI=1S/C15H16BrN3O2/c1-10-13(18-8-7-17-10)15(2,14(20)21-3)19-12-6-4-5-11(16)9-12/h4-9,19H,1-3H3. The molecule has 1 heterocycles. The van der Waals surface area contributed by atoms with E-state index in [9.17, 15) is 4.79 Å². The highest BCUT2D eigenvalue weighted by atomic mass is 79.9. The van der Waals surface area contributed by atoms with Crippen molar-refractivity contribution >= 4 is 27.6 Å². The van der Waals surface area contributed by atoms with Gasteiger partial charge in [-0.1, -0.05) is 22.0 Å². The monoisotopic (exact) mass is 349 g/mol. The van der Waals surface area contributed by atoms with Gasteiger partial charge in [-0.05, 0) is 32.0 Å². The molecule has 1 unspecified atom stereocenters. The van der Waals surface area contributed by atoms with Crippen LogP contribution in [-0.2, 0) is 15.1 Å². The molecule has 2 aromatic rings. The number of nitrogens with one attached hydrogen (secondary N) is 1. The lowest BCUT2D eigenvalue weighted by Crippen LogP contribution is -2.43. The van der Waals surface area contributed by atoms with E-state index in [4.69, 9.17) is 4.74 Å². The van der Waals surface area contributed by atoms with Gasteiger partial charge in [0.25, 0.3) is 0 Å².